The largest absolute Gasteiger partial charge is 0.497 e. The smallest absolute Gasteiger partial charge is 0.118 e. The average molecular weight is 234 g/mol. The molecular formula is C13H14O2S. The Kier molecular flexibility index (Phi) is 3.59. The van der Waals surface area contributed by atoms with Gasteiger partial charge in [-0.25, -0.2) is 0 Å². The highest BCUT2D eigenvalue weighted by Crippen LogP contribution is 2.29. The molecule has 84 valence electrons. The number of hydrogen-bond donors (Lipinski definition) is 0. The monoisotopic (exact) mass is 234 g/mol. The van der Waals surface area contributed by atoms with Crippen molar-refractivity contribution >= 4 is 11.3 Å². The van der Waals surface area contributed by atoms with E-state index in [1.165, 1.54) is 15.3 Å². The first-order valence-corrected chi connectivity index (χ1v) is 5.87. The first-order chi connectivity index (χ1) is 7.83. The standard InChI is InChI=1S/C13H14O2S/c1-14-9-12-7-8-13(16-12)10-3-5-11(15-2)6-4-10/h3-8H,9H2,1-2H3. The van der Waals surface area contributed by atoms with Crippen LogP contribution in [0.4, 0.5) is 0 Å². The summed E-state index contributed by atoms with van der Waals surface area (Å²) >= 11 is 1.76. The summed E-state index contributed by atoms with van der Waals surface area (Å²) in [6, 6.07) is 12.3. The maximum atomic E-state index is 5.13. The predicted octanol–water partition coefficient (Wildman–Crippen LogP) is 3.57. The van der Waals surface area contributed by atoms with Crippen LogP contribution in [0.25, 0.3) is 10.4 Å². The van der Waals surface area contributed by atoms with E-state index in [0.29, 0.717) is 6.61 Å². The summed E-state index contributed by atoms with van der Waals surface area (Å²) < 4.78 is 10.2. The zero-order valence-electron chi connectivity index (χ0n) is 9.40. The van der Waals surface area contributed by atoms with Crippen LogP contribution in [0.3, 0.4) is 0 Å². The molecule has 0 atom stereocenters. The van der Waals surface area contributed by atoms with Crippen molar-refractivity contribution in [3.05, 3.63) is 41.3 Å². The van der Waals surface area contributed by atoms with E-state index in [1.807, 2.05) is 12.1 Å². The van der Waals surface area contributed by atoms with Gasteiger partial charge in [0.1, 0.15) is 5.75 Å². The fourth-order valence-electron chi connectivity index (χ4n) is 1.51. The molecule has 0 spiro atoms. The van der Waals surface area contributed by atoms with E-state index in [9.17, 15) is 0 Å². The van der Waals surface area contributed by atoms with Crippen molar-refractivity contribution in [2.75, 3.05) is 14.2 Å². The molecule has 2 aromatic rings. The fraction of sp³-hybridized carbons (Fsp3) is 0.231. The second-order valence-electron chi connectivity index (χ2n) is 3.43. The zero-order chi connectivity index (χ0) is 11.4. The highest BCUT2D eigenvalue weighted by atomic mass is 32.1. The van der Waals surface area contributed by atoms with Crippen LogP contribution >= 0.6 is 11.3 Å². The van der Waals surface area contributed by atoms with Crippen LogP contribution in [0, 0.1) is 0 Å². The summed E-state index contributed by atoms with van der Waals surface area (Å²) in [6.45, 7) is 0.681. The third kappa shape index (κ3) is 2.43. The Morgan fingerprint density at radius 2 is 1.75 bits per heavy atom. The van der Waals surface area contributed by atoms with Gasteiger partial charge < -0.3 is 9.47 Å². The quantitative estimate of drug-likeness (QED) is 0.805. The van der Waals surface area contributed by atoms with Crippen LogP contribution in [-0.2, 0) is 11.3 Å². The molecule has 0 aliphatic rings. The second-order valence-corrected chi connectivity index (χ2v) is 4.60. The van der Waals surface area contributed by atoms with E-state index in [2.05, 4.69) is 24.3 Å². The van der Waals surface area contributed by atoms with Crippen LogP contribution < -0.4 is 4.74 Å². The number of ether oxygens (including phenoxy) is 2. The van der Waals surface area contributed by atoms with Crippen molar-refractivity contribution in [3.8, 4) is 16.2 Å². The normalized spacial score (nSPS) is 10.4. The Balaban J connectivity index is 2.21. The molecule has 0 aliphatic heterocycles. The first-order valence-electron chi connectivity index (χ1n) is 5.05. The minimum absolute atomic E-state index is 0.681. The zero-order valence-corrected chi connectivity index (χ0v) is 10.2. The average Bonchev–Trinajstić information content (AvgIpc) is 2.78. The molecule has 1 heterocycles. The Hall–Kier alpha value is -1.32. The lowest BCUT2D eigenvalue weighted by molar-refractivity contribution is 0.187. The van der Waals surface area contributed by atoms with Gasteiger partial charge >= 0.3 is 0 Å². The summed E-state index contributed by atoms with van der Waals surface area (Å²) in [5, 5.41) is 0. The number of thiophene rings is 1. The van der Waals surface area contributed by atoms with Gasteiger partial charge in [0, 0.05) is 16.9 Å². The second kappa shape index (κ2) is 5.14. The Labute approximate surface area is 99.5 Å². The topological polar surface area (TPSA) is 18.5 Å². The molecule has 0 amide bonds. The van der Waals surface area contributed by atoms with Crippen molar-refractivity contribution in [1.29, 1.82) is 0 Å². The van der Waals surface area contributed by atoms with E-state index >= 15 is 0 Å². The van der Waals surface area contributed by atoms with E-state index in [4.69, 9.17) is 9.47 Å². The van der Waals surface area contributed by atoms with Gasteiger partial charge in [-0.2, -0.15) is 0 Å². The molecule has 0 saturated carbocycles. The summed E-state index contributed by atoms with van der Waals surface area (Å²) in [6.07, 6.45) is 0. The van der Waals surface area contributed by atoms with Gasteiger partial charge in [0.25, 0.3) is 0 Å². The number of methoxy groups -OCH3 is 2. The van der Waals surface area contributed by atoms with Gasteiger partial charge in [0.2, 0.25) is 0 Å². The summed E-state index contributed by atoms with van der Waals surface area (Å²) in [5.74, 6) is 0.887. The first kappa shape index (κ1) is 11.2. The van der Waals surface area contributed by atoms with Crippen molar-refractivity contribution < 1.29 is 9.47 Å². The molecule has 0 unspecified atom stereocenters. The van der Waals surface area contributed by atoms with Gasteiger partial charge in [-0.05, 0) is 42.0 Å². The lowest BCUT2D eigenvalue weighted by Crippen LogP contribution is -1.81. The number of rotatable bonds is 4. The van der Waals surface area contributed by atoms with Crippen LogP contribution in [-0.4, -0.2) is 14.2 Å². The summed E-state index contributed by atoms with van der Waals surface area (Å²) in [4.78, 5) is 2.50. The molecule has 16 heavy (non-hydrogen) atoms. The van der Waals surface area contributed by atoms with Gasteiger partial charge in [-0.15, -0.1) is 11.3 Å². The minimum atomic E-state index is 0.681. The van der Waals surface area contributed by atoms with E-state index < -0.39 is 0 Å². The van der Waals surface area contributed by atoms with Crippen LogP contribution in [0.5, 0.6) is 5.75 Å². The molecule has 0 N–H and O–H groups in total. The van der Waals surface area contributed by atoms with Crippen LogP contribution in [0.2, 0.25) is 0 Å². The van der Waals surface area contributed by atoms with E-state index in [0.717, 1.165) is 5.75 Å². The molecule has 3 heteroatoms. The number of hydrogen-bond acceptors (Lipinski definition) is 3. The SMILES string of the molecule is COCc1ccc(-c2ccc(OC)cc2)s1. The van der Waals surface area contributed by atoms with E-state index in [1.54, 1.807) is 25.6 Å². The van der Waals surface area contributed by atoms with Gasteiger partial charge in [0.05, 0.1) is 13.7 Å². The molecule has 2 nitrogen and oxygen atoms in total. The van der Waals surface area contributed by atoms with Crippen LogP contribution in [0.15, 0.2) is 36.4 Å². The molecule has 1 aromatic carbocycles. The fourth-order valence-corrected chi connectivity index (χ4v) is 2.49. The van der Waals surface area contributed by atoms with Crippen molar-refractivity contribution in [2.45, 2.75) is 6.61 Å². The Morgan fingerprint density at radius 1 is 1.00 bits per heavy atom. The maximum absolute atomic E-state index is 5.13. The van der Waals surface area contributed by atoms with Crippen LogP contribution in [0.1, 0.15) is 4.88 Å². The Morgan fingerprint density at radius 3 is 2.38 bits per heavy atom. The molecule has 0 fully saturated rings. The lowest BCUT2D eigenvalue weighted by Gasteiger charge is -2.00. The van der Waals surface area contributed by atoms with Crippen molar-refractivity contribution in [2.24, 2.45) is 0 Å². The lowest BCUT2D eigenvalue weighted by atomic mass is 10.2. The van der Waals surface area contributed by atoms with E-state index in [-0.39, 0.29) is 0 Å². The van der Waals surface area contributed by atoms with Crippen molar-refractivity contribution in [1.82, 2.24) is 0 Å². The molecule has 0 radical (unpaired) electrons. The molecular weight excluding hydrogens is 220 g/mol. The highest BCUT2D eigenvalue weighted by molar-refractivity contribution is 7.15. The number of benzene rings is 1. The van der Waals surface area contributed by atoms with Gasteiger partial charge in [-0.3, -0.25) is 0 Å². The molecule has 2 rings (SSSR count). The predicted molar refractivity (Wildman–Crippen MR) is 67.0 cm³/mol. The summed E-state index contributed by atoms with van der Waals surface area (Å²) in [5.41, 5.74) is 1.22. The van der Waals surface area contributed by atoms with Crippen molar-refractivity contribution in [3.63, 3.8) is 0 Å². The molecule has 0 aliphatic carbocycles. The third-order valence-corrected chi connectivity index (χ3v) is 3.43. The van der Waals surface area contributed by atoms with Gasteiger partial charge in [-0.1, -0.05) is 0 Å². The molecule has 0 saturated heterocycles. The highest BCUT2D eigenvalue weighted by Gasteiger charge is 2.02. The maximum Gasteiger partial charge on any atom is 0.118 e. The molecule has 1 aromatic heterocycles. The molecule has 0 bridgehead atoms. The minimum Gasteiger partial charge on any atom is -0.497 e. The van der Waals surface area contributed by atoms with Gasteiger partial charge in [0.15, 0.2) is 0 Å². The Bertz CT molecular complexity index is 445. The summed E-state index contributed by atoms with van der Waals surface area (Å²) in [7, 11) is 3.39. The third-order valence-electron chi connectivity index (χ3n) is 2.32.